The van der Waals surface area contributed by atoms with Gasteiger partial charge in [-0.05, 0) is 26.0 Å². The Kier molecular flexibility index (Phi) is 3.82. The number of hydrogen-bond acceptors (Lipinski definition) is 4. The SMILES string of the molecule is CC1CN(c2n[nH]c(-c3cccc(Cl)c3F)n2)CC(C)N1. The van der Waals surface area contributed by atoms with Crippen LogP contribution < -0.4 is 10.2 Å². The molecule has 21 heavy (non-hydrogen) atoms. The molecule has 1 aliphatic heterocycles. The summed E-state index contributed by atoms with van der Waals surface area (Å²) in [6, 6.07) is 5.56. The predicted octanol–water partition coefficient (Wildman–Crippen LogP) is 2.45. The number of halogens is 2. The van der Waals surface area contributed by atoms with Gasteiger partial charge in [0.1, 0.15) is 0 Å². The van der Waals surface area contributed by atoms with E-state index in [9.17, 15) is 4.39 Å². The molecule has 112 valence electrons. The molecule has 0 radical (unpaired) electrons. The van der Waals surface area contributed by atoms with Gasteiger partial charge in [0.05, 0.1) is 10.6 Å². The predicted molar refractivity (Wildman–Crippen MR) is 81.1 cm³/mol. The minimum absolute atomic E-state index is 0.0786. The topological polar surface area (TPSA) is 56.8 Å². The summed E-state index contributed by atoms with van der Waals surface area (Å²) in [5.41, 5.74) is 0.331. The maximum absolute atomic E-state index is 14.0. The van der Waals surface area contributed by atoms with E-state index in [1.165, 1.54) is 6.07 Å². The van der Waals surface area contributed by atoms with Crippen molar-refractivity contribution in [3.63, 3.8) is 0 Å². The van der Waals surface area contributed by atoms with Crippen molar-refractivity contribution in [3.8, 4) is 11.4 Å². The minimum Gasteiger partial charge on any atom is -0.336 e. The van der Waals surface area contributed by atoms with Gasteiger partial charge in [-0.1, -0.05) is 17.7 Å². The lowest BCUT2D eigenvalue weighted by molar-refractivity contribution is 0.403. The van der Waals surface area contributed by atoms with Crippen molar-refractivity contribution in [3.05, 3.63) is 29.0 Å². The average Bonchev–Trinajstić information content (AvgIpc) is 2.90. The number of nitrogens with one attached hydrogen (secondary N) is 2. The van der Waals surface area contributed by atoms with Crippen LogP contribution in [0.25, 0.3) is 11.4 Å². The van der Waals surface area contributed by atoms with Gasteiger partial charge in [-0.3, -0.25) is 5.10 Å². The first-order valence-corrected chi connectivity index (χ1v) is 7.30. The molecule has 0 amide bonds. The van der Waals surface area contributed by atoms with E-state index in [4.69, 9.17) is 11.6 Å². The molecule has 1 aromatic heterocycles. The second-order valence-corrected chi connectivity index (χ2v) is 5.87. The smallest absolute Gasteiger partial charge is 0.245 e. The summed E-state index contributed by atoms with van der Waals surface area (Å²) in [7, 11) is 0. The lowest BCUT2D eigenvalue weighted by Gasteiger charge is -2.35. The van der Waals surface area contributed by atoms with Crippen LogP contribution >= 0.6 is 11.6 Å². The molecule has 3 rings (SSSR count). The van der Waals surface area contributed by atoms with Crippen molar-refractivity contribution in [1.82, 2.24) is 20.5 Å². The van der Waals surface area contributed by atoms with E-state index in [1.807, 2.05) is 0 Å². The van der Waals surface area contributed by atoms with E-state index in [0.717, 1.165) is 13.1 Å². The fourth-order valence-electron chi connectivity index (χ4n) is 2.69. The monoisotopic (exact) mass is 309 g/mol. The molecular formula is C14H17ClFN5. The summed E-state index contributed by atoms with van der Waals surface area (Å²) in [5, 5.41) is 10.5. The second kappa shape index (κ2) is 5.61. The van der Waals surface area contributed by atoms with Gasteiger partial charge in [0.2, 0.25) is 5.95 Å². The van der Waals surface area contributed by atoms with Gasteiger partial charge in [-0.25, -0.2) is 4.39 Å². The van der Waals surface area contributed by atoms with E-state index in [2.05, 4.69) is 39.2 Å². The Hall–Kier alpha value is -1.66. The molecule has 2 aromatic rings. The van der Waals surface area contributed by atoms with Crippen molar-refractivity contribution in [2.24, 2.45) is 0 Å². The first-order valence-electron chi connectivity index (χ1n) is 6.92. The first-order chi connectivity index (χ1) is 10.0. The van der Waals surface area contributed by atoms with Crippen molar-refractivity contribution >= 4 is 17.5 Å². The summed E-state index contributed by atoms with van der Waals surface area (Å²) < 4.78 is 14.0. The Morgan fingerprint density at radius 1 is 1.29 bits per heavy atom. The van der Waals surface area contributed by atoms with Crippen LogP contribution in [0.3, 0.4) is 0 Å². The second-order valence-electron chi connectivity index (χ2n) is 5.46. The van der Waals surface area contributed by atoms with Crippen LogP contribution in [0.15, 0.2) is 18.2 Å². The Morgan fingerprint density at radius 3 is 2.71 bits per heavy atom. The molecule has 0 saturated carbocycles. The van der Waals surface area contributed by atoms with Gasteiger partial charge in [0.25, 0.3) is 0 Å². The van der Waals surface area contributed by atoms with Crippen LogP contribution in [0.2, 0.25) is 5.02 Å². The van der Waals surface area contributed by atoms with E-state index in [1.54, 1.807) is 12.1 Å². The number of H-pyrrole nitrogens is 1. The first kappa shape index (κ1) is 14.3. The molecular weight excluding hydrogens is 293 g/mol. The standard InChI is InChI=1S/C14H17ClFN5/c1-8-6-21(7-9(2)17-8)14-18-13(19-20-14)10-4-3-5-11(15)12(10)16/h3-5,8-9,17H,6-7H2,1-2H3,(H,18,19,20). The van der Waals surface area contributed by atoms with Crippen LogP contribution in [-0.2, 0) is 0 Å². The molecule has 1 aromatic carbocycles. The Morgan fingerprint density at radius 2 is 2.00 bits per heavy atom. The minimum atomic E-state index is -0.482. The molecule has 2 N–H and O–H groups in total. The zero-order chi connectivity index (χ0) is 15.0. The molecule has 1 saturated heterocycles. The normalized spacial score (nSPS) is 22.6. The largest absolute Gasteiger partial charge is 0.336 e. The number of aromatic nitrogens is 3. The number of rotatable bonds is 2. The summed E-state index contributed by atoms with van der Waals surface area (Å²) in [5.74, 6) is 0.498. The molecule has 5 nitrogen and oxygen atoms in total. The summed E-state index contributed by atoms with van der Waals surface area (Å²) in [4.78, 5) is 6.50. The van der Waals surface area contributed by atoms with Gasteiger partial charge in [0.15, 0.2) is 11.6 Å². The number of aromatic amines is 1. The highest BCUT2D eigenvalue weighted by molar-refractivity contribution is 6.31. The van der Waals surface area contributed by atoms with Crippen molar-refractivity contribution in [1.29, 1.82) is 0 Å². The molecule has 0 aliphatic carbocycles. The third-order valence-electron chi connectivity index (χ3n) is 3.52. The molecule has 0 spiro atoms. The molecule has 7 heteroatoms. The highest BCUT2D eigenvalue weighted by Crippen LogP contribution is 2.26. The molecule has 1 aliphatic rings. The zero-order valence-electron chi connectivity index (χ0n) is 11.9. The van der Waals surface area contributed by atoms with Gasteiger partial charge in [0, 0.05) is 25.2 Å². The van der Waals surface area contributed by atoms with Crippen molar-refractivity contribution < 1.29 is 4.39 Å². The third-order valence-corrected chi connectivity index (χ3v) is 3.81. The molecule has 2 atom stereocenters. The van der Waals surface area contributed by atoms with Crippen molar-refractivity contribution in [2.75, 3.05) is 18.0 Å². The highest BCUT2D eigenvalue weighted by Gasteiger charge is 2.24. The lowest BCUT2D eigenvalue weighted by Crippen LogP contribution is -2.54. The Labute approximate surface area is 127 Å². The van der Waals surface area contributed by atoms with Gasteiger partial charge in [-0.2, -0.15) is 4.98 Å². The fraction of sp³-hybridized carbons (Fsp3) is 0.429. The summed E-state index contributed by atoms with van der Waals surface area (Å²) in [6.07, 6.45) is 0. The number of anilines is 1. The number of benzene rings is 1. The highest BCUT2D eigenvalue weighted by atomic mass is 35.5. The Bertz CT molecular complexity index is 634. The van der Waals surface area contributed by atoms with Gasteiger partial charge >= 0.3 is 0 Å². The third kappa shape index (κ3) is 2.87. The van der Waals surface area contributed by atoms with Gasteiger partial charge < -0.3 is 10.2 Å². The maximum Gasteiger partial charge on any atom is 0.245 e. The number of piperazine rings is 1. The van der Waals surface area contributed by atoms with E-state index in [0.29, 0.717) is 29.4 Å². The maximum atomic E-state index is 14.0. The van der Waals surface area contributed by atoms with Crippen LogP contribution in [0.4, 0.5) is 10.3 Å². The number of nitrogens with zero attached hydrogens (tertiary/aromatic N) is 3. The molecule has 2 unspecified atom stereocenters. The lowest BCUT2D eigenvalue weighted by atomic mass is 10.1. The molecule has 1 fully saturated rings. The zero-order valence-corrected chi connectivity index (χ0v) is 12.7. The van der Waals surface area contributed by atoms with Crippen molar-refractivity contribution in [2.45, 2.75) is 25.9 Å². The summed E-state index contributed by atoms with van der Waals surface area (Å²) >= 11 is 5.80. The van der Waals surface area contributed by atoms with E-state index >= 15 is 0 Å². The number of hydrogen-bond donors (Lipinski definition) is 2. The molecule has 0 bridgehead atoms. The van der Waals surface area contributed by atoms with Crippen LogP contribution in [-0.4, -0.2) is 40.4 Å². The molecule has 2 heterocycles. The average molecular weight is 310 g/mol. The van der Waals surface area contributed by atoms with E-state index in [-0.39, 0.29) is 5.02 Å². The van der Waals surface area contributed by atoms with Crippen LogP contribution in [0, 0.1) is 5.82 Å². The fourth-order valence-corrected chi connectivity index (χ4v) is 2.87. The quantitative estimate of drug-likeness (QED) is 0.894. The Balaban J connectivity index is 1.88. The summed E-state index contributed by atoms with van der Waals surface area (Å²) in [6.45, 7) is 5.87. The van der Waals surface area contributed by atoms with Gasteiger partial charge in [-0.15, -0.1) is 5.10 Å². The van der Waals surface area contributed by atoms with Crippen LogP contribution in [0.5, 0.6) is 0 Å². The van der Waals surface area contributed by atoms with Crippen LogP contribution in [0.1, 0.15) is 13.8 Å². The van der Waals surface area contributed by atoms with E-state index < -0.39 is 5.82 Å².